The van der Waals surface area contributed by atoms with E-state index >= 15 is 0 Å². The summed E-state index contributed by atoms with van der Waals surface area (Å²) in [6.07, 6.45) is 0. The van der Waals surface area contributed by atoms with Crippen LogP contribution < -0.4 is 19.7 Å². The average molecular weight is 426 g/mol. The van der Waals surface area contributed by atoms with Gasteiger partial charge >= 0.3 is 0 Å². The van der Waals surface area contributed by atoms with Crippen molar-refractivity contribution in [3.05, 3.63) is 48.0 Å². The molecule has 2 aromatic rings. The van der Waals surface area contributed by atoms with Gasteiger partial charge in [0.25, 0.3) is 11.7 Å². The predicted octanol–water partition coefficient (Wildman–Crippen LogP) is 3.45. The molecule has 8 heteroatoms. The fraction of sp³-hybridized carbons (Fsp3) is 0.381. The van der Waals surface area contributed by atoms with Crippen molar-refractivity contribution in [3.8, 4) is 11.5 Å². The maximum atomic E-state index is 12.6. The molecule has 2 N–H and O–H groups in total. The summed E-state index contributed by atoms with van der Waals surface area (Å²) in [6.45, 7) is 4.94. The van der Waals surface area contributed by atoms with Crippen LogP contribution >= 0.6 is 11.8 Å². The van der Waals surface area contributed by atoms with E-state index in [1.165, 1.54) is 0 Å². The SMILES string of the molecule is CCOc1ccc(C[NH+](C)[C@H](C)C(=O)Nc2ccc(SC(F)F)cc2)cc1OC. The van der Waals surface area contributed by atoms with E-state index in [0.29, 0.717) is 47.0 Å². The molecule has 2 rings (SSSR count). The molecule has 0 fully saturated rings. The predicted molar refractivity (Wildman–Crippen MR) is 111 cm³/mol. The highest BCUT2D eigenvalue weighted by molar-refractivity contribution is 7.99. The first-order chi connectivity index (χ1) is 13.8. The molecule has 0 bridgehead atoms. The number of hydrogen-bond acceptors (Lipinski definition) is 4. The van der Waals surface area contributed by atoms with E-state index < -0.39 is 5.76 Å². The molecule has 0 aromatic heterocycles. The van der Waals surface area contributed by atoms with Crippen molar-refractivity contribution < 1.29 is 27.9 Å². The van der Waals surface area contributed by atoms with Crippen LogP contribution in [0.5, 0.6) is 11.5 Å². The second kappa shape index (κ2) is 11.0. The minimum Gasteiger partial charge on any atom is -0.493 e. The van der Waals surface area contributed by atoms with Crippen molar-refractivity contribution in [2.24, 2.45) is 0 Å². The Bertz CT molecular complexity index is 803. The number of quaternary nitrogens is 1. The zero-order valence-electron chi connectivity index (χ0n) is 17.0. The van der Waals surface area contributed by atoms with Gasteiger partial charge in [0.1, 0.15) is 6.54 Å². The first-order valence-corrected chi connectivity index (χ1v) is 10.2. The highest BCUT2D eigenvalue weighted by Crippen LogP contribution is 2.28. The zero-order valence-corrected chi connectivity index (χ0v) is 17.8. The molecular formula is C21H27F2N2O3S+. The van der Waals surface area contributed by atoms with Crippen molar-refractivity contribution in [1.29, 1.82) is 0 Å². The Kier molecular flexibility index (Phi) is 8.72. The quantitative estimate of drug-likeness (QED) is 0.573. The van der Waals surface area contributed by atoms with Crippen LogP contribution in [0.25, 0.3) is 0 Å². The molecule has 1 amide bonds. The number of amides is 1. The Labute approximate surface area is 174 Å². The highest BCUT2D eigenvalue weighted by Gasteiger charge is 2.22. The molecule has 1 unspecified atom stereocenters. The highest BCUT2D eigenvalue weighted by atomic mass is 32.2. The lowest BCUT2D eigenvalue weighted by Gasteiger charge is -2.21. The largest absolute Gasteiger partial charge is 0.493 e. The number of rotatable bonds is 10. The second-order valence-corrected chi connectivity index (χ2v) is 7.62. The third-order valence-corrected chi connectivity index (χ3v) is 5.21. The van der Waals surface area contributed by atoms with Gasteiger partial charge in [-0.15, -0.1) is 0 Å². The van der Waals surface area contributed by atoms with Gasteiger partial charge in [-0.3, -0.25) is 4.79 Å². The standard InChI is InChI=1S/C21H26F2N2O3S/c1-5-28-18-11-6-15(12-19(18)27-4)13-25(3)14(2)20(26)24-16-7-9-17(10-8-16)29-21(22)23/h6-12,14,21H,5,13H2,1-4H3,(H,24,26)/p+1/t14-/m1/s1. The monoisotopic (exact) mass is 425 g/mol. The number of thioether (sulfide) groups is 1. The van der Waals surface area contributed by atoms with Gasteiger partial charge in [-0.1, -0.05) is 11.8 Å². The summed E-state index contributed by atoms with van der Waals surface area (Å²) < 4.78 is 35.7. The van der Waals surface area contributed by atoms with Crippen LogP contribution in [0.2, 0.25) is 0 Å². The number of ether oxygens (including phenoxy) is 2. The molecule has 0 aliphatic carbocycles. The van der Waals surface area contributed by atoms with E-state index in [-0.39, 0.29) is 11.9 Å². The number of anilines is 1. The van der Waals surface area contributed by atoms with Crippen LogP contribution in [0.3, 0.4) is 0 Å². The number of alkyl halides is 2. The van der Waals surface area contributed by atoms with Crippen LogP contribution in [0.15, 0.2) is 47.4 Å². The first-order valence-electron chi connectivity index (χ1n) is 9.31. The Morgan fingerprint density at radius 1 is 1.17 bits per heavy atom. The van der Waals surface area contributed by atoms with Gasteiger partial charge in [-0.2, -0.15) is 8.78 Å². The van der Waals surface area contributed by atoms with Gasteiger partial charge in [0.2, 0.25) is 0 Å². The minimum absolute atomic E-state index is 0.144. The molecule has 158 valence electrons. The Hall–Kier alpha value is -2.32. The molecule has 2 aromatic carbocycles. The van der Waals surface area contributed by atoms with Crippen LogP contribution in [-0.2, 0) is 11.3 Å². The number of methoxy groups -OCH3 is 1. The molecule has 0 heterocycles. The Morgan fingerprint density at radius 3 is 2.45 bits per heavy atom. The summed E-state index contributed by atoms with van der Waals surface area (Å²) in [5, 5.41) is 2.84. The summed E-state index contributed by atoms with van der Waals surface area (Å²) >= 11 is 0.476. The van der Waals surface area contributed by atoms with Gasteiger partial charge in [-0.25, -0.2) is 0 Å². The fourth-order valence-corrected chi connectivity index (χ4v) is 3.26. The van der Waals surface area contributed by atoms with E-state index in [1.54, 1.807) is 31.4 Å². The molecular weight excluding hydrogens is 398 g/mol. The molecule has 0 spiro atoms. The molecule has 0 radical (unpaired) electrons. The summed E-state index contributed by atoms with van der Waals surface area (Å²) in [5.74, 6) is -1.25. The van der Waals surface area contributed by atoms with E-state index in [4.69, 9.17) is 9.47 Å². The lowest BCUT2D eigenvalue weighted by molar-refractivity contribution is -0.907. The van der Waals surface area contributed by atoms with E-state index in [1.807, 2.05) is 39.1 Å². The summed E-state index contributed by atoms with van der Waals surface area (Å²) in [4.78, 5) is 14.0. The average Bonchev–Trinajstić information content (AvgIpc) is 2.69. The molecule has 2 atom stereocenters. The van der Waals surface area contributed by atoms with Crippen molar-refractivity contribution >= 4 is 23.4 Å². The zero-order chi connectivity index (χ0) is 21.4. The van der Waals surface area contributed by atoms with Gasteiger partial charge in [-0.05, 0) is 56.3 Å². The minimum atomic E-state index is -2.46. The van der Waals surface area contributed by atoms with Crippen LogP contribution in [0, 0.1) is 0 Å². The number of carbonyl (C=O) groups excluding carboxylic acids is 1. The smallest absolute Gasteiger partial charge is 0.288 e. The van der Waals surface area contributed by atoms with Gasteiger partial charge in [0, 0.05) is 16.1 Å². The second-order valence-electron chi connectivity index (χ2n) is 6.56. The van der Waals surface area contributed by atoms with Crippen molar-refractivity contribution in [2.75, 3.05) is 26.1 Å². The number of likely N-dealkylation sites (N-methyl/N-ethyl adjacent to an activating group) is 1. The van der Waals surface area contributed by atoms with E-state index in [2.05, 4.69) is 5.32 Å². The number of hydrogen-bond donors (Lipinski definition) is 2. The van der Waals surface area contributed by atoms with Crippen LogP contribution in [0.1, 0.15) is 19.4 Å². The van der Waals surface area contributed by atoms with Gasteiger partial charge in [0.15, 0.2) is 17.5 Å². The number of benzene rings is 2. The van der Waals surface area contributed by atoms with Crippen molar-refractivity contribution in [2.45, 2.75) is 37.1 Å². The molecule has 0 aliphatic heterocycles. The maximum Gasteiger partial charge on any atom is 0.288 e. The van der Waals surface area contributed by atoms with Crippen molar-refractivity contribution in [3.63, 3.8) is 0 Å². The lowest BCUT2D eigenvalue weighted by Crippen LogP contribution is -3.12. The van der Waals surface area contributed by atoms with Gasteiger partial charge < -0.3 is 19.7 Å². The first kappa shape index (κ1) is 23.0. The number of nitrogens with one attached hydrogen (secondary N) is 2. The lowest BCUT2D eigenvalue weighted by atomic mass is 10.1. The van der Waals surface area contributed by atoms with Crippen molar-refractivity contribution in [1.82, 2.24) is 0 Å². The maximum absolute atomic E-state index is 12.6. The third-order valence-electron chi connectivity index (χ3n) is 4.49. The summed E-state index contributed by atoms with van der Waals surface area (Å²) in [5.41, 5.74) is 1.60. The van der Waals surface area contributed by atoms with Gasteiger partial charge in [0.05, 0.1) is 20.8 Å². The molecule has 29 heavy (non-hydrogen) atoms. The molecule has 0 saturated heterocycles. The summed E-state index contributed by atoms with van der Waals surface area (Å²) in [6, 6.07) is 11.8. The Balaban J connectivity index is 1.96. The third kappa shape index (κ3) is 6.90. The van der Waals surface area contributed by atoms with E-state index in [0.717, 1.165) is 10.5 Å². The Morgan fingerprint density at radius 2 is 1.86 bits per heavy atom. The van der Waals surface area contributed by atoms with E-state index in [9.17, 15) is 13.6 Å². The van der Waals surface area contributed by atoms with Crippen LogP contribution in [-0.4, -0.2) is 38.5 Å². The van der Waals surface area contributed by atoms with Crippen LogP contribution in [0.4, 0.5) is 14.5 Å². The summed E-state index contributed by atoms with van der Waals surface area (Å²) in [7, 11) is 3.54. The topological polar surface area (TPSA) is 52.0 Å². The molecule has 0 saturated carbocycles. The number of halogens is 2. The normalized spacial score (nSPS) is 13.1. The molecule has 0 aliphatic rings. The fourth-order valence-electron chi connectivity index (χ4n) is 2.77. The number of carbonyl (C=O) groups is 1. The molecule has 5 nitrogen and oxygen atoms in total.